The van der Waals surface area contributed by atoms with Crippen LogP contribution in [0, 0.1) is 12.8 Å². The molecular formula is C25H23N3O2S. The molecule has 0 radical (unpaired) electrons. The van der Waals surface area contributed by atoms with E-state index in [1.807, 2.05) is 36.4 Å². The summed E-state index contributed by atoms with van der Waals surface area (Å²) in [4.78, 5) is 32.8. The van der Waals surface area contributed by atoms with Gasteiger partial charge in [-0.3, -0.25) is 14.6 Å². The van der Waals surface area contributed by atoms with Gasteiger partial charge in [0.25, 0.3) is 5.91 Å². The second kappa shape index (κ2) is 7.46. The molecule has 2 amide bonds. The summed E-state index contributed by atoms with van der Waals surface area (Å²) in [5.41, 5.74) is 11.5. The molecule has 156 valence electrons. The summed E-state index contributed by atoms with van der Waals surface area (Å²) in [7, 11) is 0. The van der Waals surface area contributed by atoms with Gasteiger partial charge in [0.05, 0.1) is 17.2 Å². The Morgan fingerprint density at radius 3 is 2.77 bits per heavy atom. The van der Waals surface area contributed by atoms with Gasteiger partial charge in [-0.25, -0.2) is 0 Å². The van der Waals surface area contributed by atoms with E-state index in [9.17, 15) is 9.59 Å². The Hall–Kier alpha value is -3.25. The fraction of sp³-hybridized carbons (Fsp3) is 0.240. The predicted octanol–water partition coefficient (Wildman–Crippen LogP) is 3.93. The maximum absolute atomic E-state index is 13.7. The Morgan fingerprint density at radius 2 is 2.06 bits per heavy atom. The maximum atomic E-state index is 13.7. The van der Waals surface area contributed by atoms with Gasteiger partial charge in [0.15, 0.2) is 0 Å². The third kappa shape index (κ3) is 3.27. The summed E-state index contributed by atoms with van der Waals surface area (Å²) < 4.78 is 0. The lowest BCUT2D eigenvalue weighted by Crippen LogP contribution is -2.52. The van der Waals surface area contributed by atoms with Gasteiger partial charge < -0.3 is 10.6 Å². The molecule has 0 bridgehead atoms. The van der Waals surface area contributed by atoms with Crippen LogP contribution in [0.2, 0.25) is 0 Å². The Kier molecular flexibility index (Phi) is 4.74. The van der Waals surface area contributed by atoms with E-state index in [1.54, 1.807) is 22.7 Å². The minimum Gasteiger partial charge on any atom is -0.368 e. The summed E-state index contributed by atoms with van der Waals surface area (Å²) in [6.45, 7) is 2.06. The van der Waals surface area contributed by atoms with Crippen LogP contribution in [0.1, 0.15) is 38.3 Å². The SMILES string of the molecule is Cc1ccc2c(c1)C1(N(C(=O)c3cncs3)[C@H](/C=C/c3ccccc3)C(N)=O)C[C@@H]1C2. The van der Waals surface area contributed by atoms with Crippen molar-refractivity contribution in [1.82, 2.24) is 9.88 Å². The van der Waals surface area contributed by atoms with E-state index >= 15 is 0 Å². The highest BCUT2D eigenvalue weighted by atomic mass is 32.1. The second-order valence-electron chi connectivity index (χ2n) is 8.35. The van der Waals surface area contributed by atoms with E-state index in [2.05, 4.69) is 30.1 Å². The molecule has 2 aliphatic carbocycles. The van der Waals surface area contributed by atoms with Crippen LogP contribution in [0.3, 0.4) is 0 Å². The van der Waals surface area contributed by atoms with E-state index in [1.165, 1.54) is 16.9 Å². The van der Waals surface area contributed by atoms with Gasteiger partial charge in [-0.05, 0) is 42.4 Å². The Bertz CT molecular complexity index is 1170. The summed E-state index contributed by atoms with van der Waals surface area (Å²) in [6, 6.07) is 15.3. The molecule has 5 rings (SSSR count). The minimum absolute atomic E-state index is 0.194. The van der Waals surface area contributed by atoms with Crippen molar-refractivity contribution in [2.75, 3.05) is 0 Å². The van der Waals surface area contributed by atoms with Crippen LogP contribution in [-0.2, 0) is 16.8 Å². The van der Waals surface area contributed by atoms with Crippen LogP contribution in [-0.4, -0.2) is 27.7 Å². The van der Waals surface area contributed by atoms with Crippen molar-refractivity contribution in [2.24, 2.45) is 11.7 Å². The van der Waals surface area contributed by atoms with Gasteiger partial charge >= 0.3 is 0 Å². The Labute approximate surface area is 185 Å². The normalized spacial score (nSPS) is 22.0. The molecule has 2 aliphatic rings. The number of hydrogen-bond acceptors (Lipinski definition) is 4. The van der Waals surface area contributed by atoms with E-state index in [4.69, 9.17) is 5.73 Å². The van der Waals surface area contributed by atoms with Crippen LogP contribution in [0.4, 0.5) is 0 Å². The number of rotatable bonds is 6. The fourth-order valence-corrected chi connectivity index (χ4v) is 5.48. The number of amides is 2. The third-order valence-electron chi connectivity index (χ3n) is 6.40. The zero-order valence-corrected chi connectivity index (χ0v) is 18.0. The van der Waals surface area contributed by atoms with Crippen molar-refractivity contribution in [1.29, 1.82) is 0 Å². The number of primary amides is 1. The maximum Gasteiger partial charge on any atom is 0.267 e. The second-order valence-corrected chi connectivity index (χ2v) is 9.23. The number of carbonyl (C=O) groups excluding carboxylic acids is 2. The molecule has 0 saturated heterocycles. The van der Waals surface area contributed by atoms with Crippen molar-refractivity contribution < 1.29 is 9.59 Å². The molecule has 1 heterocycles. The van der Waals surface area contributed by atoms with E-state index in [-0.39, 0.29) is 5.91 Å². The number of fused-ring (bicyclic) bond motifs is 3. The molecule has 1 saturated carbocycles. The summed E-state index contributed by atoms with van der Waals surface area (Å²) in [5.74, 6) is -0.430. The fourth-order valence-electron chi connectivity index (χ4n) is 4.92. The molecule has 1 fully saturated rings. The standard InChI is InChI=1S/C25H23N3O2S/c1-16-7-9-18-12-19-13-25(19,20(18)11-16)28(24(30)22-14-27-15-31-22)21(23(26)29)10-8-17-5-3-2-4-6-17/h2-11,14-15,19,21H,12-13H2,1H3,(H2,26,29)/b10-8+/t19-,21+,25?/m0/s1. The van der Waals surface area contributed by atoms with Crippen molar-refractivity contribution in [3.63, 3.8) is 0 Å². The first-order valence-electron chi connectivity index (χ1n) is 10.4. The smallest absolute Gasteiger partial charge is 0.267 e. The topological polar surface area (TPSA) is 76.3 Å². The molecule has 3 atom stereocenters. The molecule has 2 aromatic carbocycles. The molecular weight excluding hydrogens is 406 g/mol. The van der Waals surface area contributed by atoms with Crippen molar-refractivity contribution in [3.05, 3.63) is 93.4 Å². The number of aryl methyl sites for hydroxylation is 1. The van der Waals surface area contributed by atoms with Crippen molar-refractivity contribution in [2.45, 2.75) is 31.3 Å². The molecule has 31 heavy (non-hydrogen) atoms. The summed E-state index contributed by atoms with van der Waals surface area (Å²) in [6.07, 6.45) is 6.95. The first-order valence-corrected chi connectivity index (χ1v) is 11.2. The molecule has 6 heteroatoms. The molecule has 1 unspecified atom stereocenters. The predicted molar refractivity (Wildman–Crippen MR) is 121 cm³/mol. The Balaban J connectivity index is 1.62. The van der Waals surface area contributed by atoms with Gasteiger partial charge in [0.1, 0.15) is 10.9 Å². The number of nitrogens with two attached hydrogens (primary N) is 1. The average molecular weight is 430 g/mol. The number of nitrogens with zero attached hydrogens (tertiary/aromatic N) is 2. The van der Waals surface area contributed by atoms with Crippen LogP contribution >= 0.6 is 11.3 Å². The highest BCUT2D eigenvalue weighted by Gasteiger charge is 2.66. The van der Waals surface area contributed by atoms with Gasteiger partial charge in [-0.15, -0.1) is 11.3 Å². The van der Waals surface area contributed by atoms with Crippen LogP contribution in [0.15, 0.2) is 66.3 Å². The number of carbonyl (C=O) groups is 2. The molecule has 0 spiro atoms. The number of thiazole rings is 1. The zero-order valence-electron chi connectivity index (χ0n) is 17.2. The third-order valence-corrected chi connectivity index (χ3v) is 7.16. The molecule has 3 aromatic rings. The highest BCUT2D eigenvalue weighted by molar-refractivity contribution is 7.11. The molecule has 1 aromatic heterocycles. The van der Waals surface area contributed by atoms with Gasteiger partial charge in [0, 0.05) is 0 Å². The number of hydrogen-bond donors (Lipinski definition) is 1. The van der Waals surface area contributed by atoms with Gasteiger partial charge in [-0.1, -0.05) is 66.2 Å². The lowest BCUT2D eigenvalue weighted by molar-refractivity contribution is -0.122. The first kappa shape index (κ1) is 19.7. The van der Waals surface area contributed by atoms with Gasteiger partial charge in [-0.2, -0.15) is 0 Å². The summed E-state index contributed by atoms with van der Waals surface area (Å²) >= 11 is 1.28. The molecule has 0 aliphatic heterocycles. The lowest BCUT2D eigenvalue weighted by atomic mass is 9.96. The van der Waals surface area contributed by atoms with Crippen molar-refractivity contribution >= 4 is 29.2 Å². The minimum atomic E-state index is -0.855. The zero-order chi connectivity index (χ0) is 21.6. The van der Waals surface area contributed by atoms with E-state index in [0.29, 0.717) is 10.8 Å². The molecule has 5 nitrogen and oxygen atoms in total. The molecule has 2 N–H and O–H groups in total. The first-order chi connectivity index (χ1) is 15.0. The van der Waals surface area contributed by atoms with Crippen LogP contribution < -0.4 is 5.73 Å². The van der Waals surface area contributed by atoms with Crippen LogP contribution in [0.25, 0.3) is 6.08 Å². The van der Waals surface area contributed by atoms with Crippen molar-refractivity contribution in [3.8, 4) is 0 Å². The summed E-state index contributed by atoms with van der Waals surface area (Å²) in [5, 5.41) is 0. The number of aromatic nitrogens is 1. The average Bonchev–Trinajstić information content (AvgIpc) is 3.11. The van der Waals surface area contributed by atoms with E-state index < -0.39 is 17.5 Å². The monoisotopic (exact) mass is 429 g/mol. The highest BCUT2D eigenvalue weighted by Crippen LogP contribution is 2.64. The Morgan fingerprint density at radius 1 is 1.26 bits per heavy atom. The largest absolute Gasteiger partial charge is 0.368 e. The lowest BCUT2D eigenvalue weighted by Gasteiger charge is -2.36. The van der Waals surface area contributed by atoms with E-state index in [0.717, 1.165) is 29.5 Å². The van der Waals surface area contributed by atoms with Gasteiger partial charge in [0.2, 0.25) is 5.91 Å². The van der Waals surface area contributed by atoms with Crippen LogP contribution in [0.5, 0.6) is 0 Å². The number of benzene rings is 2. The quantitative estimate of drug-likeness (QED) is 0.645.